The summed E-state index contributed by atoms with van der Waals surface area (Å²) >= 11 is 3.64. The highest BCUT2D eigenvalue weighted by Gasteiger charge is 2.32. The highest BCUT2D eigenvalue weighted by atomic mass is 32.2. The third-order valence-electron chi connectivity index (χ3n) is 4.16. The number of ether oxygens (including phenoxy) is 1. The van der Waals surface area contributed by atoms with Crippen molar-refractivity contribution in [2.24, 2.45) is 5.92 Å². The molecule has 2 atom stereocenters. The zero-order chi connectivity index (χ0) is 16.6. The lowest BCUT2D eigenvalue weighted by molar-refractivity contribution is -0.134. The molecular formula is C19H23NO2S2. The lowest BCUT2D eigenvalue weighted by atomic mass is 9.89. The SMILES string of the molecule is O=C(NCCSCc1cccs1)[C@@H]1CCCO[C@@H]1c1ccccc1. The number of hydrogen-bond donors (Lipinski definition) is 1. The van der Waals surface area contributed by atoms with E-state index in [9.17, 15) is 4.79 Å². The van der Waals surface area contributed by atoms with Gasteiger partial charge in [-0.25, -0.2) is 0 Å². The lowest BCUT2D eigenvalue weighted by Gasteiger charge is -2.31. The Kier molecular flexibility index (Phi) is 6.75. The first-order valence-corrected chi connectivity index (χ1v) is 10.4. The minimum Gasteiger partial charge on any atom is -0.373 e. The van der Waals surface area contributed by atoms with Crippen LogP contribution in [0.2, 0.25) is 0 Å². The van der Waals surface area contributed by atoms with Crippen LogP contribution >= 0.6 is 23.1 Å². The molecule has 24 heavy (non-hydrogen) atoms. The van der Waals surface area contributed by atoms with Crippen LogP contribution in [-0.2, 0) is 15.3 Å². The van der Waals surface area contributed by atoms with Gasteiger partial charge in [0.2, 0.25) is 5.91 Å². The fourth-order valence-electron chi connectivity index (χ4n) is 2.97. The summed E-state index contributed by atoms with van der Waals surface area (Å²) in [7, 11) is 0. The van der Waals surface area contributed by atoms with E-state index in [0.29, 0.717) is 6.54 Å². The lowest BCUT2D eigenvalue weighted by Crippen LogP contribution is -2.38. The van der Waals surface area contributed by atoms with Crippen molar-refractivity contribution in [2.75, 3.05) is 18.9 Å². The fraction of sp³-hybridized carbons (Fsp3) is 0.421. The molecule has 3 nitrogen and oxygen atoms in total. The van der Waals surface area contributed by atoms with Gasteiger partial charge in [0.05, 0.1) is 12.0 Å². The van der Waals surface area contributed by atoms with Crippen LogP contribution in [0.25, 0.3) is 0 Å². The molecule has 0 saturated carbocycles. The third kappa shape index (κ3) is 4.85. The minimum atomic E-state index is -0.112. The quantitative estimate of drug-likeness (QED) is 0.749. The summed E-state index contributed by atoms with van der Waals surface area (Å²) in [5.74, 6) is 2.00. The number of hydrogen-bond acceptors (Lipinski definition) is 4. The number of nitrogens with one attached hydrogen (secondary N) is 1. The van der Waals surface area contributed by atoms with Crippen LogP contribution in [-0.4, -0.2) is 24.8 Å². The Morgan fingerprint density at radius 2 is 2.12 bits per heavy atom. The first kappa shape index (κ1) is 17.5. The number of carbonyl (C=O) groups is 1. The van der Waals surface area contributed by atoms with Gasteiger partial charge in [-0.15, -0.1) is 11.3 Å². The zero-order valence-electron chi connectivity index (χ0n) is 13.6. The smallest absolute Gasteiger partial charge is 0.226 e. The Morgan fingerprint density at radius 3 is 2.92 bits per heavy atom. The second kappa shape index (κ2) is 9.25. The van der Waals surface area contributed by atoms with Crippen LogP contribution in [0.3, 0.4) is 0 Å². The van der Waals surface area contributed by atoms with Crippen LogP contribution < -0.4 is 5.32 Å². The van der Waals surface area contributed by atoms with Gasteiger partial charge >= 0.3 is 0 Å². The van der Waals surface area contributed by atoms with E-state index in [1.165, 1.54) is 4.88 Å². The van der Waals surface area contributed by atoms with E-state index in [1.54, 1.807) is 11.3 Å². The van der Waals surface area contributed by atoms with Crippen molar-refractivity contribution in [3.05, 3.63) is 58.3 Å². The normalized spacial score (nSPS) is 20.7. The molecule has 1 aliphatic rings. The largest absolute Gasteiger partial charge is 0.373 e. The molecule has 0 spiro atoms. The average Bonchev–Trinajstić information content (AvgIpc) is 3.15. The molecule has 1 amide bonds. The topological polar surface area (TPSA) is 38.3 Å². The van der Waals surface area contributed by atoms with E-state index in [-0.39, 0.29) is 17.9 Å². The highest BCUT2D eigenvalue weighted by Crippen LogP contribution is 2.33. The Labute approximate surface area is 151 Å². The molecule has 1 aromatic carbocycles. The maximum atomic E-state index is 12.6. The van der Waals surface area contributed by atoms with E-state index < -0.39 is 0 Å². The van der Waals surface area contributed by atoms with E-state index in [4.69, 9.17) is 4.74 Å². The Balaban J connectivity index is 1.45. The number of amides is 1. The van der Waals surface area contributed by atoms with Gasteiger partial charge < -0.3 is 10.1 Å². The van der Waals surface area contributed by atoms with Gasteiger partial charge in [-0.3, -0.25) is 4.79 Å². The van der Waals surface area contributed by atoms with E-state index in [2.05, 4.69) is 22.8 Å². The first-order valence-electron chi connectivity index (χ1n) is 8.39. The van der Waals surface area contributed by atoms with E-state index in [1.807, 2.05) is 42.1 Å². The van der Waals surface area contributed by atoms with Crippen molar-refractivity contribution < 1.29 is 9.53 Å². The van der Waals surface area contributed by atoms with Gasteiger partial charge in [0.25, 0.3) is 0 Å². The van der Waals surface area contributed by atoms with Crippen LogP contribution in [0.5, 0.6) is 0 Å². The Hall–Kier alpha value is -1.30. The molecule has 1 saturated heterocycles. The van der Waals surface area contributed by atoms with Crippen molar-refractivity contribution in [3.63, 3.8) is 0 Å². The number of carbonyl (C=O) groups excluding carboxylic acids is 1. The fourth-order valence-corrected chi connectivity index (χ4v) is 4.67. The summed E-state index contributed by atoms with van der Waals surface area (Å²) in [6, 6.07) is 14.3. The molecule has 128 valence electrons. The monoisotopic (exact) mass is 361 g/mol. The second-order valence-electron chi connectivity index (χ2n) is 5.87. The average molecular weight is 362 g/mol. The van der Waals surface area contributed by atoms with E-state index >= 15 is 0 Å². The minimum absolute atomic E-state index is 0.0801. The van der Waals surface area contributed by atoms with Crippen molar-refractivity contribution in [3.8, 4) is 0 Å². The van der Waals surface area contributed by atoms with Gasteiger partial charge in [-0.05, 0) is 29.9 Å². The Bertz CT molecular complexity index is 616. The number of thiophene rings is 1. The molecule has 5 heteroatoms. The predicted molar refractivity (Wildman–Crippen MR) is 101 cm³/mol. The van der Waals surface area contributed by atoms with Crippen molar-refractivity contribution in [1.82, 2.24) is 5.32 Å². The molecule has 1 aromatic heterocycles. The third-order valence-corrected chi connectivity index (χ3v) is 6.22. The van der Waals surface area contributed by atoms with Gasteiger partial charge in [-0.2, -0.15) is 11.8 Å². The van der Waals surface area contributed by atoms with Gasteiger partial charge in [0.15, 0.2) is 0 Å². The summed E-state index contributed by atoms with van der Waals surface area (Å²) in [5.41, 5.74) is 1.10. The maximum Gasteiger partial charge on any atom is 0.226 e. The van der Waals surface area contributed by atoms with Crippen LogP contribution in [0.1, 0.15) is 29.4 Å². The van der Waals surface area contributed by atoms with Crippen LogP contribution in [0, 0.1) is 5.92 Å². The van der Waals surface area contributed by atoms with Crippen molar-refractivity contribution >= 4 is 29.0 Å². The molecule has 0 unspecified atom stereocenters. The summed E-state index contributed by atoms with van der Waals surface area (Å²) in [6.45, 7) is 1.45. The number of rotatable bonds is 7. The number of thioether (sulfide) groups is 1. The summed E-state index contributed by atoms with van der Waals surface area (Å²) in [4.78, 5) is 14.0. The molecule has 1 N–H and O–H groups in total. The molecule has 0 radical (unpaired) electrons. The standard InChI is InChI=1S/C19H23NO2S2/c21-19(20-10-13-23-14-16-8-5-12-24-16)17-9-4-11-22-18(17)15-6-2-1-3-7-15/h1-3,5-8,12,17-18H,4,9-11,13-14H2,(H,20,21)/t17-,18-/m1/s1. The molecule has 0 bridgehead atoms. The molecule has 1 aliphatic heterocycles. The second-order valence-corrected chi connectivity index (χ2v) is 8.01. The molecular weight excluding hydrogens is 338 g/mol. The molecule has 3 rings (SSSR count). The Morgan fingerprint density at radius 1 is 1.25 bits per heavy atom. The molecule has 2 aromatic rings. The maximum absolute atomic E-state index is 12.6. The van der Waals surface area contributed by atoms with Crippen molar-refractivity contribution in [1.29, 1.82) is 0 Å². The zero-order valence-corrected chi connectivity index (χ0v) is 15.3. The predicted octanol–water partition coefficient (Wildman–Crippen LogP) is 4.27. The highest BCUT2D eigenvalue weighted by molar-refractivity contribution is 7.98. The van der Waals surface area contributed by atoms with Gasteiger partial charge in [0, 0.05) is 29.5 Å². The molecule has 2 heterocycles. The summed E-state index contributed by atoms with van der Waals surface area (Å²) in [6.07, 6.45) is 1.74. The van der Waals surface area contributed by atoms with Crippen LogP contribution in [0.4, 0.5) is 0 Å². The summed E-state index contributed by atoms with van der Waals surface area (Å²) < 4.78 is 5.91. The molecule has 1 fully saturated rings. The molecule has 0 aliphatic carbocycles. The summed E-state index contributed by atoms with van der Waals surface area (Å²) in [5, 5.41) is 5.20. The van der Waals surface area contributed by atoms with Gasteiger partial charge in [-0.1, -0.05) is 36.4 Å². The van der Waals surface area contributed by atoms with Crippen LogP contribution in [0.15, 0.2) is 47.8 Å². The van der Waals surface area contributed by atoms with E-state index in [0.717, 1.165) is 36.5 Å². The number of benzene rings is 1. The van der Waals surface area contributed by atoms with Crippen molar-refractivity contribution in [2.45, 2.75) is 24.7 Å². The van der Waals surface area contributed by atoms with Gasteiger partial charge in [0.1, 0.15) is 0 Å². The first-order chi connectivity index (χ1) is 11.8.